The van der Waals surface area contributed by atoms with Crippen LogP contribution in [0.5, 0.6) is 0 Å². The molecule has 1 aromatic heterocycles. The normalized spacial score (nSPS) is 17.6. The Kier molecular flexibility index (Phi) is 2.69. The van der Waals surface area contributed by atoms with E-state index in [0.717, 1.165) is 26.2 Å². The monoisotopic (exact) mass is 227 g/mol. The first-order valence-electron chi connectivity index (χ1n) is 6.11. The number of fused-ring (bicyclic) bond motifs is 1. The Balaban J connectivity index is 2.00. The van der Waals surface area contributed by atoms with E-state index in [2.05, 4.69) is 46.1 Å². The highest BCUT2D eigenvalue weighted by Crippen LogP contribution is 2.25. The minimum Gasteiger partial charge on any atom is -0.367 e. The molecule has 0 unspecified atom stereocenters. The quantitative estimate of drug-likeness (QED) is 0.742. The summed E-state index contributed by atoms with van der Waals surface area (Å²) in [4.78, 5) is 9.16. The van der Waals surface area contributed by atoms with Crippen LogP contribution in [0.3, 0.4) is 0 Å². The van der Waals surface area contributed by atoms with Crippen LogP contribution in [-0.4, -0.2) is 43.1 Å². The fourth-order valence-electron chi connectivity index (χ4n) is 2.40. The van der Waals surface area contributed by atoms with Crippen LogP contribution in [0.1, 0.15) is 0 Å². The highest BCUT2D eigenvalue weighted by Gasteiger charge is 2.16. The molecule has 1 aliphatic rings. The van der Waals surface area contributed by atoms with E-state index < -0.39 is 0 Å². The highest BCUT2D eigenvalue weighted by atomic mass is 15.2. The van der Waals surface area contributed by atoms with E-state index in [4.69, 9.17) is 0 Å². The Bertz CT molecular complexity index is 510. The number of pyridine rings is 1. The van der Waals surface area contributed by atoms with Crippen LogP contribution in [0.2, 0.25) is 0 Å². The molecule has 2 heterocycles. The standard InChI is InChI=1S/C14H17N3/c1-16-6-8-17(9-7-16)14-11-15-10-12-4-2-3-5-13(12)14/h2-5,10-11H,6-9H2,1H3. The van der Waals surface area contributed by atoms with E-state index in [1.54, 1.807) is 0 Å². The van der Waals surface area contributed by atoms with Crippen molar-refractivity contribution in [2.45, 2.75) is 0 Å². The summed E-state index contributed by atoms with van der Waals surface area (Å²) in [5, 5.41) is 2.54. The molecule has 88 valence electrons. The maximum Gasteiger partial charge on any atom is 0.0633 e. The molecule has 17 heavy (non-hydrogen) atoms. The van der Waals surface area contributed by atoms with Gasteiger partial charge >= 0.3 is 0 Å². The third kappa shape index (κ3) is 1.98. The van der Waals surface area contributed by atoms with E-state index in [0.29, 0.717) is 0 Å². The smallest absolute Gasteiger partial charge is 0.0633 e. The van der Waals surface area contributed by atoms with Gasteiger partial charge in [-0.1, -0.05) is 24.3 Å². The first-order valence-corrected chi connectivity index (χ1v) is 6.11. The van der Waals surface area contributed by atoms with Crippen LogP contribution in [0, 0.1) is 0 Å². The minimum atomic E-state index is 1.09. The molecule has 3 nitrogen and oxygen atoms in total. The number of anilines is 1. The zero-order chi connectivity index (χ0) is 11.7. The van der Waals surface area contributed by atoms with Gasteiger partial charge in [-0.05, 0) is 7.05 Å². The van der Waals surface area contributed by atoms with Gasteiger partial charge in [0, 0.05) is 43.1 Å². The van der Waals surface area contributed by atoms with Gasteiger partial charge in [0.25, 0.3) is 0 Å². The van der Waals surface area contributed by atoms with Crippen LogP contribution in [0.25, 0.3) is 10.8 Å². The number of nitrogens with zero attached hydrogens (tertiary/aromatic N) is 3. The molecule has 1 saturated heterocycles. The summed E-state index contributed by atoms with van der Waals surface area (Å²) in [6.07, 6.45) is 3.93. The van der Waals surface area contributed by atoms with Gasteiger partial charge in [0.15, 0.2) is 0 Å². The molecule has 0 N–H and O–H groups in total. The summed E-state index contributed by atoms with van der Waals surface area (Å²) in [5.74, 6) is 0. The summed E-state index contributed by atoms with van der Waals surface area (Å²) in [6.45, 7) is 4.44. The van der Waals surface area contributed by atoms with Crippen molar-refractivity contribution in [3.63, 3.8) is 0 Å². The molecule has 0 atom stereocenters. The van der Waals surface area contributed by atoms with E-state index >= 15 is 0 Å². The number of hydrogen-bond acceptors (Lipinski definition) is 3. The van der Waals surface area contributed by atoms with E-state index in [-0.39, 0.29) is 0 Å². The zero-order valence-electron chi connectivity index (χ0n) is 10.1. The van der Waals surface area contributed by atoms with Crippen molar-refractivity contribution in [2.24, 2.45) is 0 Å². The molecule has 3 rings (SSSR count). The van der Waals surface area contributed by atoms with Gasteiger partial charge < -0.3 is 9.80 Å². The molecule has 2 aromatic rings. The van der Waals surface area contributed by atoms with Crippen LogP contribution >= 0.6 is 0 Å². The van der Waals surface area contributed by atoms with E-state index in [9.17, 15) is 0 Å². The third-order valence-electron chi connectivity index (χ3n) is 3.49. The number of likely N-dealkylation sites (N-methyl/N-ethyl adjacent to an activating group) is 1. The second-order valence-corrected chi connectivity index (χ2v) is 4.67. The molecule has 0 saturated carbocycles. The lowest BCUT2D eigenvalue weighted by molar-refractivity contribution is 0.313. The summed E-state index contributed by atoms with van der Waals surface area (Å²) < 4.78 is 0. The molecule has 1 aromatic carbocycles. The number of piperazine rings is 1. The molecule has 3 heteroatoms. The van der Waals surface area contributed by atoms with Crippen LogP contribution in [-0.2, 0) is 0 Å². The van der Waals surface area contributed by atoms with Gasteiger partial charge in [-0.25, -0.2) is 0 Å². The molecule has 0 radical (unpaired) electrons. The average molecular weight is 227 g/mol. The summed E-state index contributed by atoms with van der Waals surface area (Å²) in [5.41, 5.74) is 1.27. The van der Waals surface area contributed by atoms with E-state index in [1.165, 1.54) is 16.5 Å². The maximum atomic E-state index is 4.35. The van der Waals surface area contributed by atoms with Gasteiger partial charge in [0.2, 0.25) is 0 Å². The molecule has 0 amide bonds. The van der Waals surface area contributed by atoms with Crippen molar-refractivity contribution >= 4 is 16.5 Å². The van der Waals surface area contributed by atoms with Crippen LogP contribution in [0.15, 0.2) is 36.7 Å². The van der Waals surface area contributed by atoms with Gasteiger partial charge in [0.1, 0.15) is 0 Å². The van der Waals surface area contributed by atoms with Gasteiger partial charge in [0.05, 0.1) is 11.9 Å². The van der Waals surface area contributed by atoms with Crippen LogP contribution < -0.4 is 4.90 Å². The zero-order valence-corrected chi connectivity index (χ0v) is 10.1. The van der Waals surface area contributed by atoms with Gasteiger partial charge in [-0.2, -0.15) is 0 Å². The first-order chi connectivity index (χ1) is 8.34. The SMILES string of the molecule is CN1CCN(c2cncc3ccccc23)CC1. The summed E-state index contributed by atoms with van der Waals surface area (Å²) in [7, 11) is 2.18. The van der Waals surface area contributed by atoms with Crippen molar-refractivity contribution in [3.05, 3.63) is 36.7 Å². The second-order valence-electron chi connectivity index (χ2n) is 4.67. The van der Waals surface area contributed by atoms with Crippen molar-refractivity contribution in [1.82, 2.24) is 9.88 Å². The highest BCUT2D eigenvalue weighted by molar-refractivity contribution is 5.93. The van der Waals surface area contributed by atoms with Gasteiger partial charge in [-0.3, -0.25) is 4.98 Å². The third-order valence-corrected chi connectivity index (χ3v) is 3.49. The Morgan fingerprint density at radius 2 is 1.76 bits per heavy atom. The minimum absolute atomic E-state index is 1.09. The Morgan fingerprint density at radius 3 is 2.59 bits per heavy atom. The lowest BCUT2D eigenvalue weighted by Crippen LogP contribution is -2.44. The fourth-order valence-corrected chi connectivity index (χ4v) is 2.40. The Hall–Kier alpha value is -1.61. The first kappa shape index (κ1) is 10.5. The van der Waals surface area contributed by atoms with Crippen molar-refractivity contribution < 1.29 is 0 Å². The van der Waals surface area contributed by atoms with Gasteiger partial charge in [-0.15, -0.1) is 0 Å². The lowest BCUT2D eigenvalue weighted by Gasteiger charge is -2.34. The van der Waals surface area contributed by atoms with Crippen LogP contribution in [0.4, 0.5) is 5.69 Å². The lowest BCUT2D eigenvalue weighted by atomic mass is 10.1. The molecular weight excluding hydrogens is 210 g/mol. The average Bonchev–Trinajstić information content (AvgIpc) is 2.39. The summed E-state index contributed by atoms with van der Waals surface area (Å²) in [6, 6.07) is 8.48. The molecule has 1 fully saturated rings. The largest absolute Gasteiger partial charge is 0.367 e. The number of rotatable bonds is 1. The van der Waals surface area contributed by atoms with Crippen molar-refractivity contribution in [1.29, 1.82) is 0 Å². The molecule has 0 bridgehead atoms. The predicted octanol–water partition coefficient (Wildman–Crippen LogP) is 1.99. The van der Waals surface area contributed by atoms with Crippen molar-refractivity contribution in [3.8, 4) is 0 Å². The summed E-state index contributed by atoms with van der Waals surface area (Å²) >= 11 is 0. The predicted molar refractivity (Wildman–Crippen MR) is 71.5 cm³/mol. The molecule has 0 spiro atoms. The maximum absolute atomic E-state index is 4.35. The Labute approximate surface area is 102 Å². The number of benzene rings is 1. The molecule has 1 aliphatic heterocycles. The molecular formula is C14H17N3. The number of hydrogen-bond donors (Lipinski definition) is 0. The van der Waals surface area contributed by atoms with Crippen molar-refractivity contribution in [2.75, 3.05) is 38.1 Å². The molecule has 0 aliphatic carbocycles. The topological polar surface area (TPSA) is 19.4 Å². The Morgan fingerprint density at radius 1 is 1.00 bits per heavy atom. The van der Waals surface area contributed by atoms with E-state index in [1.807, 2.05) is 12.4 Å². The number of aromatic nitrogens is 1. The fraction of sp³-hybridized carbons (Fsp3) is 0.357. The second kappa shape index (κ2) is 4.34.